The minimum Gasteiger partial charge on any atom is -0.352 e. The largest absolute Gasteiger partial charge is 0.352 e. The van der Waals surface area contributed by atoms with Crippen molar-refractivity contribution in [3.05, 3.63) is 74.6 Å². The van der Waals surface area contributed by atoms with E-state index in [0.717, 1.165) is 42.2 Å². The topological polar surface area (TPSA) is 92.6 Å². The molecule has 0 bridgehead atoms. The number of nitro benzene ring substituents is 1. The molecular formula is C21H22FN3O4. The lowest BCUT2D eigenvalue weighted by molar-refractivity contribution is -0.385. The van der Waals surface area contributed by atoms with Crippen LogP contribution in [-0.4, -0.2) is 34.7 Å². The molecule has 0 saturated heterocycles. The molecule has 0 aliphatic carbocycles. The quantitative estimate of drug-likeness (QED) is 0.457. The van der Waals surface area contributed by atoms with Crippen molar-refractivity contribution in [2.24, 2.45) is 0 Å². The van der Waals surface area contributed by atoms with Crippen LogP contribution >= 0.6 is 0 Å². The summed E-state index contributed by atoms with van der Waals surface area (Å²) in [6, 6.07) is 8.31. The Hall–Kier alpha value is -3.29. The maximum atomic E-state index is 13.3. The maximum Gasteiger partial charge on any atom is 0.285 e. The molecule has 1 heterocycles. The summed E-state index contributed by atoms with van der Waals surface area (Å²) < 4.78 is 13.3. The second kappa shape index (κ2) is 8.81. The molecule has 2 aromatic rings. The van der Waals surface area contributed by atoms with Gasteiger partial charge in [0.15, 0.2) is 0 Å². The Labute approximate surface area is 167 Å². The van der Waals surface area contributed by atoms with E-state index in [1.54, 1.807) is 6.07 Å². The molecule has 0 fully saturated rings. The van der Waals surface area contributed by atoms with E-state index in [-0.39, 0.29) is 18.0 Å². The number of halogens is 1. The molecule has 8 heteroatoms. The molecule has 3 rings (SSSR count). The lowest BCUT2D eigenvalue weighted by atomic mass is 9.96. The van der Waals surface area contributed by atoms with E-state index in [2.05, 4.69) is 12.2 Å². The molecule has 0 radical (unpaired) electrons. The van der Waals surface area contributed by atoms with E-state index in [1.165, 1.54) is 4.90 Å². The number of carbonyl (C=O) groups excluding carboxylic acids is 2. The van der Waals surface area contributed by atoms with Gasteiger partial charge in [0.1, 0.15) is 11.4 Å². The van der Waals surface area contributed by atoms with E-state index in [0.29, 0.717) is 25.1 Å². The van der Waals surface area contributed by atoms with E-state index >= 15 is 0 Å². The van der Waals surface area contributed by atoms with Crippen molar-refractivity contribution in [2.45, 2.75) is 32.7 Å². The van der Waals surface area contributed by atoms with Crippen LogP contribution in [0.2, 0.25) is 0 Å². The molecule has 0 spiro atoms. The van der Waals surface area contributed by atoms with Gasteiger partial charge in [-0.3, -0.25) is 19.7 Å². The van der Waals surface area contributed by atoms with Crippen molar-refractivity contribution in [3.63, 3.8) is 0 Å². The first-order valence-electron chi connectivity index (χ1n) is 9.54. The van der Waals surface area contributed by atoms with Crippen molar-refractivity contribution in [2.75, 3.05) is 13.1 Å². The summed E-state index contributed by atoms with van der Waals surface area (Å²) in [5.74, 6) is -1.40. The standard InChI is InChI=1S/C21H22FN3O4/c1-2-3-9-23-20(26)15-4-5-16-13-24(10-8-14(16)11-15)21(27)18-7-6-17(22)12-19(18)25(28)29/h4-7,11-12H,2-3,8-10,13H2,1H3,(H,23,26). The van der Waals surface area contributed by atoms with Gasteiger partial charge in [-0.1, -0.05) is 19.4 Å². The first-order valence-corrected chi connectivity index (χ1v) is 9.54. The highest BCUT2D eigenvalue weighted by Gasteiger charge is 2.28. The number of benzene rings is 2. The summed E-state index contributed by atoms with van der Waals surface area (Å²) in [7, 11) is 0. The van der Waals surface area contributed by atoms with Crippen LogP contribution in [0.3, 0.4) is 0 Å². The molecule has 0 saturated carbocycles. The third kappa shape index (κ3) is 4.59. The van der Waals surface area contributed by atoms with Crippen molar-refractivity contribution < 1.29 is 18.9 Å². The predicted molar refractivity (Wildman–Crippen MR) is 105 cm³/mol. The Morgan fingerprint density at radius 1 is 1.21 bits per heavy atom. The van der Waals surface area contributed by atoms with Crippen LogP contribution in [0.4, 0.5) is 10.1 Å². The molecule has 0 atom stereocenters. The summed E-state index contributed by atoms with van der Waals surface area (Å²) in [6.45, 7) is 3.32. The van der Waals surface area contributed by atoms with Gasteiger partial charge in [-0.05, 0) is 48.2 Å². The summed E-state index contributed by atoms with van der Waals surface area (Å²) in [5, 5.41) is 14.1. The minimum atomic E-state index is -0.762. The Bertz CT molecular complexity index is 961. The molecule has 0 unspecified atom stereocenters. The van der Waals surface area contributed by atoms with Crippen LogP contribution < -0.4 is 5.32 Å². The van der Waals surface area contributed by atoms with Gasteiger partial charge in [-0.25, -0.2) is 4.39 Å². The number of rotatable bonds is 6. The van der Waals surface area contributed by atoms with Gasteiger partial charge >= 0.3 is 0 Å². The summed E-state index contributed by atoms with van der Waals surface area (Å²) in [4.78, 5) is 37.0. The lowest BCUT2D eigenvalue weighted by Crippen LogP contribution is -2.36. The Morgan fingerprint density at radius 3 is 2.72 bits per heavy atom. The zero-order valence-corrected chi connectivity index (χ0v) is 16.1. The molecule has 0 aromatic heterocycles. The fourth-order valence-electron chi connectivity index (χ4n) is 3.36. The van der Waals surface area contributed by atoms with Gasteiger partial charge in [0, 0.05) is 25.2 Å². The molecule has 1 N–H and O–H groups in total. The van der Waals surface area contributed by atoms with E-state index < -0.39 is 22.3 Å². The minimum absolute atomic E-state index is 0.123. The van der Waals surface area contributed by atoms with Gasteiger partial charge in [-0.2, -0.15) is 0 Å². The smallest absolute Gasteiger partial charge is 0.285 e. The average molecular weight is 399 g/mol. The SMILES string of the molecule is CCCCNC(=O)c1ccc2c(c1)CCN(C(=O)c1ccc(F)cc1[N+](=O)[O-])C2. The monoisotopic (exact) mass is 399 g/mol. The molecule has 2 amide bonds. The normalized spacial score (nSPS) is 13.0. The number of hydrogen-bond donors (Lipinski definition) is 1. The van der Waals surface area contributed by atoms with Crippen LogP contribution in [0.1, 0.15) is 51.6 Å². The fraction of sp³-hybridized carbons (Fsp3) is 0.333. The van der Waals surface area contributed by atoms with Crippen molar-refractivity contribution in [3.8, 4) is 0 Å². The number of unbranched alkanes of at least 4 members (excludes halogenated alkanes) is 1. The number of nitrogens with one attached hydrogen (secondary N) is 1. The molecular weight excluding hydrogens is 377 g/mol. The molecule has 1 aliphatic rings. The van der Waals surface area contributed by atoms with Crippen molar-refractivity contribution in [1.29, 1.82) is 0 Å². The lowest BCUT2D eigenvalue weighted by Gasteiger charge is -2.29. The summed E-state index contributed by atoms with van der Waals surface area (Å²) in [5.41, 5.74) is 1.77. The van der Waals surface area contributed by atoms with E-state index in [4.69, 9.17) is 0 Å². The van der Waals surface area contributed by atoms with Crippen LogP contribution in [-0.2, 0) is 13.0 Å². The van der Waals surface area contributed by atoms with Gasteiger partial charge in [0.05, 0.1) is 11.0 Å². The maximum absolute atomic E-state index is 13.3. The third-order valence-corrected chi connectivity index (χ3v) is 4.97. The van der Waals surface area contributed by atoms with E-state index in [1.807, 2.05) is 12.1 Å². The average Bonchev–Trinajstić information content (AvgIpc) is 2.72. The third-order valence-electron chi connectivity index (χ3n) is 4.97. The van der Waals surface area contributed by atoms with Crippen LogP contribution in [0.5, 0.6) is 0 Å². The Morgan fingerprint density at radius 2 is 2.00 bits per heavy atom. The van der Waals surface area contributed by atoms with Gasteiger partial charge < -0.3 is 10.2 Å². The zero-order chi connectivity index (χ0) is 21.0. The first-order chi connectivity index (χ1) is 13.9. The highest BCUT2D eigenvalue weighted by Crippen LogP contribution is 2.26. The number of amides is 2. The molecule has 152 valence electrons. The van der Waals surface area contributed by atoms with E-state index in [9.17, 15) is 24.1 Å². The number of nitrogens with zero attached hydrogens (tertiary/aromatic N) is 2. The highest BCUT2D eigenvalue weighted by molar-refractivity contribution is 5.98. The van der Waals surface area contributed by atoms with Gasteiger partial charge in [-0.15, -0.1) is 0 Å². The van der Waals surface area contributed by atoms with Crippen LogP contribution in [0, 0.1) is 15.9 Å². The van der Waals surface area contributed by atoms with Gasteiger partial charge in [0.2, 0.25) is 0 Å². The second-order valence-electron chi connectivity index (χ2n) is 6.99. The second-order valence-corrected chi connectivity index (χ2v) is 6.99. The predicted octanol–water partition coefficient (Wildman–Crippen LogP) is 3.46. The van der Waals surface area contributed by atoms with Crippen LogP contribution in [0.15, 0.2) is 36.4 Å². The Balaban J connectivity index is 1.76. The van der Waals surface area contributed by atoms with Crippen molar-refractivity contribution >= 4 is 17.5 Å². The summed E-state index contributed by atoms with van der Waals surface area (Å²) in [6.07, 6.45) is 2.45. The number of fused-ring (bicyclic) bond motifs is 1. The molecule has 2 aromatic carbocycles. The summed E-state index contributed by atoms with van der Waals surface area (Å²) >= 11 is 0. The molecule has 7 nitrogen and oxygen atoms in total. The molecule has 1 aliphatic heterocycles. The van der Waals surface area contributed by atoms with Gasteiger partial charge in [0.25, 0.3) is 17.5 Å². The highest BCUT2D eigenvalue weighted by atomic mass is 19.1. The number of hydrogen-bond acceptors (Lipinski definition) is 4. The molecule has 29 heavy (non-hydrogen) atoms. The van der Waals surface area contributed by atoms with Crippen molar-refractivity contribution in [1.82, 2.24) is 10.2 Å². The first kappa shape index (κ1) is 20.4. The number of carbonyl (C=O) groups is 2. The number of nitro groups is 1. The fourth-order valence-corrected chi connectivity index (χ4v) is 3.36. The Kier molecular flexibility index (Phi) is 6.21. The zero-order valence-electron chi connectivity index (χ0n) is 16.1. The van der Waals surface area contributed by atoms with Crippen LogP contribution in [0.25, 0.3) is 0 Å².